The monoisotopic (exact) mass is 315 g/mol. The lowest BCUT2D eigenvalue weighted by Gasteiger charge is -2.19. The van der Waals surface area contributed by atoms with E-state index in [-0.39, 0.29) is 5.56 Å². The highest BCUT2D eigenvalue weighted by Gasteiger charge is 2.15. The Balaban J connectivity index is 1.75. The van der Waals surface area contributed by atoms with Crippen LogP contribution in [0.3, 0.4) is 0 Å². The van der Waals surface area contributed by atoms with Crippen LogP contribution in [0.15, 0.2) is 17.1 Å². The smallest absolute Gasteiger partial charge is 0.252 e. The van der Waals surface area contributed by atoms with Crippen molar-refractivity contribution in [3.05, 3.63) is 39.6 Å². The predicted molar refractivity (Wildman–Crippen MR) is 91.0 cm³/mol. The van der Waals surface area contributed by atoms with E-state index in [9.17, 15) is 4.79 Å². The number of rotatable bonds is 6. The van der Waals surface area contributed by atoms with Crippen molar-refractivity contribution in [1.29, 1.82) is 0 Å². The van der Waals surface area contributed by atoms with E-state index in [0.717, 1.165) is 44.6 Å². The standard InChI is InChI=1S/C17H25N5O/c1-3-21(4-2)17-19-14(11-16(23)20-17)9-10-22-15-8-6-5-7-13(15)12-18-22/h11-12H,3-10H2,1-2H3,(H,19,20,23). The summed E-state index contributed by atoms with van der Waals surface area (Å²) in [5.74, 6) is 0.667. The Kier molecular flexibility index (Phi) is 4.79. The SMILES string of the molecule is CCN(CC)c1nc(CCn2ncc3c2CCCC3)cc(=O)[nH]1. The van der Waals surface area contributed by atoms with Gasteiger partial charge in [-0.15, -0.1) is 0 Å². The van der Waals surface area contributed by atoms with Gasteiger partial charge in [0.05, 0.1) is 11.9 Å². The molecular weight excluding hydrogens is 290 g/mol. The highest BCUT2D eigenvalue weighted by Crippen LogP contribution is 2.20. The fraction of sp³-hybridized carbons (Fsp3) is 0.588. The quantitative estimate of drug-likeness (QED) is 0.884. The fourth-order valence-corrected chi connectivity index (χ4v) is 3.26. The van der Waals surface area contributed by atoms with Gasteiger partial charge in [0.2, 0.25) is 5.95 Å². The van der Waals surface area contributed by atoms with Crippen molar-refractivity contribution in [2.24, 2.45) is 0 Å². The zero-order valence-electron chi connectivity index (χ0n) is 14.0. The molecule has 0 spiro atoms. The van der Waals surface area contributed by atoms with Gasteiger partial charge in [0, 0.05) is 37.8 Å². The summed E-state index contributed by atoms with van der Waals surface area (Å²) in [7, 11) is 0. The third-order valence-corrected chi connectivity index (χ3v) is 4.57. The van der Waals surface area contributed by atoms with E-state index in [1.165, 1.54) is 24.1 Å². The van der Waals surface area contributed by atoms with Crippen LogP contribution < -0.4 is 10.5 Å². The third-order valence-electron chi connectivity index (χ3n) is 4.57. The third kappa shape index (κ3) is 3.46. The van der Waals surface area contributed by atoms with E-state index in [1.54, 1.807) is 6.07 Å². The Bertz CT molecular complexity index is 714. The maximum atomic E-state index is 11.9. The summed E-state index contributed by atoms with van der Waals surface area (Å²) in [4.78, 5) is 21.4. The molecule has 0 unspecified atom stereocenters. The summed E-state index contributed by atoms with van der Waals surface area (Å²) in [5.41, 5.74) is 3.50. The number of anilines is 1. The van der Waals surface area contributed by atoms with Gasteiger partial charge in [0.15, 0.2) is 0 Å². The summed E-state index contributed by atoms with van der Waals surface area (Å²) in [5, 5.41) is 4.52. The second-order valence-electron chi connectivity index (χ2n) is 6.03. The highest BCUT2D eigenvalue weighted by atomic mass is 16.1. The van der Waals surface area contributed by atoms with Crippen molar-refractivity contribution in [2.45, 2.75) is 52.5 Å². The number of nitrogens with one attached hydrogen (secondary N) is 1. The Morgan fingerprint density at radius 3 is 2.83 bits per heavy atom. The predicted octanol–water partition coefficient (Wildman–Crippen LogP) is 1.93. The van der Waals surface area contributed by atoms with Gasteiger partial charge in [-0.1, -0.05) is 0 Å². The van der Waals surface area contributed by atoms with Crippen LogP contribution in [0.5, 0.6) is 0 Å². The molecule has 6 nitrogen and oxygen atoms in total. The molecule has 2 heterocycles. The molecule has 0 amide bonds. The van der Waals surface area contributed by atoms with E-state index in [0.29, 0.717) is 5.95 Å². The molecule has 2 aromatic heterocycles. The molecule has 0 saturated heterocycles. The van der Waals surface area contributed by atoms with Crippen LogP contribution in [-0.4, -0.2) is 32.8 Å². The molecule has 0 radical (unpaired) electrons. The first-order chi connectivity index (χ1) is 11.2. The maximum Gasteiger partial charge on any atom is 0.252 e. The maximum absolute atomic E-state index is 11.9. The number of H-pyrrole nitrogens is 1. The number of hydrogen-bond acceptors (Lipinski definition) is 4. The zero-order valence-corrected chi connectivity index (χ0v) is 14.0. The molecule has 0 atom stereocenters. The van der Waals surface area contributed by atoms with Gasteiger partial charge in [-0.25, -0.2) is 4.98 Å². The molecule has 0 fully saturated rings. The topological polar surface area (TPSA) is 66.8 Å². The van der Waals surface area contributed by atoms with Crippen molar-refractivity contribution in [1.82, 2.24) is 19.7 Å². The van der Waals surface area contributed by atoms with Crippen molar-refractivity contribution in [3.8, 4) is 0 Å². The number of aromatic nitrogens is 4. The minimum atomic E-state index is -0.0839. The van der Waals surface area contributed by atoms with Crippen LogP contribution in [0, 0.1) is 0 Å². The normalized spacial score (nSPS) is 13.8. The molecule has 6 heteroatoms. The number of aryl methyl sites for hydroxylation is 3. The highest BCUT2D eigenvalue weighted by molar-refractivity contribution is 5.29. The van der Waals surface area contributed by atoms with Gasteiger partial charge >= 0.3 is 0 Å². The summed E-state index contributed by atoms with van der Waals surface area (Å²) >= 11 is 0. The molecular formula is C17H25N5O. The average Bonchev–Trinajstić information content (AvgIpc) is 2.97. The lowest BCUT2D eigenvalue weighted by molar-refractivity contribution is 0.552. The van der Waals surface area contributed by atoms with Crippen LogP contribution >= 0.6 is 0 Å². The van der Waals surface area contributed by atoms with Gasteiger partial charge in [-0.05, 0) is 45.1 Å². The first-order valence-corrected chi connectivity index (χ1v) is 8.60. The molecule has 3 rings (SSSR count). The second kappa shape index (κ2) is 6.98. The van der Waals surface area contributed by atoms with E-state index >= 15 is 0 Å². The molecule has 0 saturated carbocycles. The average molecular weight is 315 g/mol. The lowest BCUT2D eigenvalue weighted by Crippen LogP contribution is -2.27. The van der Waals surface area contributed by atoms with Gasteiger partial charge in [0.25, 0.3) is 5.56 Å². The van der Waals surface area contributed by atoms with Crippen LogP contribution in [0.2, 0.25) is 0 Å². The number of hydrogen-bond donors (Lipinski definition) is 1. The Hall–Kier alpha value is -2.11. The minimum Gasteiger partial charge on any atom is -0.343 e. The van der Waals surface area contributed by atoms with Crippen molar-refractivity contribution >= 4 is 5.95 Å². The molecule has 1 N–H and O–H groups in total. The van der Waals surface area contributed by atoms with Crippen molar-refractivity contribution in [2.75, 3.05) is 18.0 Å². The summed E-state index contributed by atoms with van der Waals surface area (Å²) in [6.07, 6.45) is 7.50. The number of fused-ring (bicyclic) bond motifs is 1. The first kappa shape index (κ1) is 15.8. The molecule has 0 bridgehead atoms. The molecule has 0 aliphatic heterocycles. The Labute approximate surface area is 136 Å². The second-order valence-corrected chi connectivity index (χ2v) is 6.03. The number of aromatic amines is 1. The zero-order chi connectivity index (χ0) is 16.2. The van der Waals surface area contributed by atoms with Gasteiger partial charge < -0.3 is 4.90 Å². The Morgan fingerprint density at radius 2 is 2.04 bits per heavy atom. The van der Waals surface area contributed by atoms with Gasteiger partial charge in [-0.2, -0.15) is 5.10 Å². The summed E-state index contributed by atoms with van der Waals surface area (Å²) < 4.78 is 2.09. The molecule has 2 aromatic rings. The molecule has 1 aliphatic rings. The summed E-state index contributed by atoms with van der Waals surface area (Å²) in [6, 6.07) is 1.60. The van der Waals surface area contributed by atoms with Gasteiger partial charge in [0.1, 0.15) is 0 Å². The van der Waals surface area contributed by atoms with Gasteiger partial charge in [-0.3, -0.25) is 14.5 Å². The van der Waals surface area contributed by atoms with Crippen molar-refractivity contribution in [3.63, 3.8) is 0 Å². The van der Waals surface area contributed by atoms with Crippen LogP contribution in [-0.2, 0) is 25.8 Å². The first-order valence-electron chi connectivity index (χ1n) is 8.60. The Morgan fingerprint density at radius 1 is 1.26 bits per heavy atom. The lowest BCUT2D eigenvalue weighted by atomic mass is 9.98. The largest absolute Gasteiger partial charge is 0.343 e. The molecule has 0 aromatic carbocycles. The van der Waals surface area contributed by atoms with E-state index in [2.05, 4.69) is 38.5 Å². The van der Waals surface area contributed by atoms with E-state index in [1.807, 2.05) is 6.20 Å². The van der Waals surface area contributed by atoms with Crippen molar-refractivity contribution < 1.29 is 0 Å². The van der Waals surface area contributed by atoms with Crippen LogP contribution in [0.25, 0.3) is 0 Å². The van der Waals surface area contributed by atoms with Crippen LogP contribution in [0.4, 0.5) is 5.95 Å². The summed E-state index contributed by atoms with van der Waals surface area (Å²) in [6.45, 7) is 6.56. The minimum absolute atomic E-state index is 0.0839. The van der Waals surface area contributed by atoms with E-state index in [4.69, 9.17) is 0 Å². The number of nitrogens with zero attached hydrogens (tertiary/aromatic N) is 4. The fourth-order valence-electron chi connectivity index (χ4n) is 3.26. The molecule has 23 heavy (non-hydrogen) atoms. The molecule has 124 valence electrons. The van der Waals surface area contributed by atoms with Crippen LogP contribution in [0.1, 0.15) is 43.6 Å². The molecule has 1 aliphatic carbocycles. The van der Waals surface area contributed by atoms with E-state index < -0.39 is 0 Å².